The quantitative estimate of drug-likeness (QED) is 0.849. The van der Waals surface area contributed by atoms with Crippen LogP contribution in [-0.4, -0.2) is 45.7 Å². The van der Waals surface area contributed by atoms with Crippen LogP contribution in [0.3, 0.4) is 0 Å². The van der Waals surface area contributed by atoms with Crippen LogP contribution in [0, 0.1) is 0 Å². The molecule has 1 saturated heterocycles. The highest BCUT2D eigenvalue weighted by Crippen LogP contribution is 2.25. The highest BCUT2D eigenvalue weighted by Gasteiger charge is 2.18. The van der Waals surface area contributed by atoms with E-state index in [2.05, 4.69) is 22.5 Å². The Labute approximate surface area is 113 Å². The average molecular weight is 263 g/mol. The SMILES string of the molecule is CNC(=O)c1cc(N2CCN[C@H](C)C2)ccc1OC. The predicted octanol–water partition coefficient (Wildman–Crippen LogP) is 0.853. The second-order valence-electron chi connectivity index (χ2n) is 4.76. The summed E-state index contributed by atoms with van der Waals surface area (Å²) >= 11 is 0. The van der Waals surface area contributed by atoms with Crippen LogP contribution in [0.5, 0.6) is 5.75 Å². The topological polar surface area (TPSA) is 53.6 Å². The molecule has 1 aromatic rings. The molecule has 0 spiro atoms. The number of hydrogen-bond donors (Lipinski definition) is 2. The first-order valence-electron chi connectivity index (χ1n) is 6.54. The van der Waals surface area contributed by atoms with E-state index in [1.807, 2.05) is 18.2 Å². The Morgan fingerprint density at radius 1 is 1.53 bits per heavy atom. The summed E-state index contributed by atoms with van der Waals surface area (Å²) in [6.45, 7) is 5.02. The van der Waals surface area contributed by atoms with Crippen LogP contribution in [0.4, 0.5) is 5.69 Å². The Hall–Kier alpha value is -1.75. The van der Waals surface area contributed by atoms with E-state index >= 15 is 0 Å². The summed E-state index contributed by atoms with van der Waals surface area (Å²) in [5.74, 6) is 0.480. The molecule has 1 aromatic carbocycles. The molecular weight excluding hydrogens is 242 g/mol. The van der Waals surface area contributed by atoms with Crippen LogP contribution in [0.25, 0.3) is 0 Å². The number of carbonyl (C=O) groups is 1. The van der Waals surface area contributed by atoms with E-state index in [4.69, 9.17) is 4.74 Å². The fourth-order valence-electron chi connectivity index (χ4n) is 2.37. The Morgan fingerprint density at radius 3 is 2.95 bits per heavy atom. The van der Waals surface area contributed by atoms with Crippen molar-refractivity contribution in [1.82, 2.24) is 10.6 Å². The molecule has 5 heteroatoms. The number of nitrogens with zero attached hydrogens (tertiary/aromatic N) is 1. The standard InChI is InChI=1S/C14H21N3O2/c1-10-9-17(7-6-16-10)11-4-5-13(19-3)12(8-11)14(18)15-2/h4-5,8,10,16H,6-7,9H2,1-3H3,(H,15,18)/t10-/m1/s1. The van der Waals surface area contributed by atoms with Gasteiger partial charge in [-0.15, -0.1) is 0 Å². The minimum atomic E-state index is -0.123. The molecule has 0 unspecified atom stereocenters. The number of anilines is 1. The molecule has 0 saturated carbocycles. The fraction of sp³-hybridized carbons (Fsp3) is 0.500. The van der Waals surface area contributed by atoms with E-state index in [0.29, 0.717) is 17.4 Å². The van der Waals surface area contributed by atoms with Gasteiger partial charge in [-0.3, -0.25) is 4.79 Å². The van der Waals surface area contributed by atoms with Gasteiger partial charge in [-0.05, 0) is 25.1 Å². The summed E-state index contributed by atoms with van der Waals surface area (Å²) in [5.41, 5.74) is 1.64. The molecule has 1 aliphatic rings. The van der Waals surface area contributed by atoms with Crippen molar-refractivity contribution >= 4 is 11.6 Å². The molecule has 0 aromatic heterocycles. The van der Waals surface area contributed by atoms with Gasteiger partial charge in [0.2, 0.25) is 0 Å². The Bertz CT molecular complexity index is 462. The summed E-state index contributed by atoms with van der Waals surface area (Å²) < 4.78 is 5.24. The van der Waals surface area contributed by atoms with Crippen LogP contribution in [0.1, 0.15) is 17.3 Å². The Kier molecular flexibility index (Phi) is 4.27. The van der Waals surface area contributed by atoms with Crippen LogP contribution >= 0.6 is 0 Å². The third-order valence-electron chi connectivity index (χ3n) is 3.39. The zero-order chi connectivity index (χ0) is 13.8. The normalized spacial score (nSPS) is 19.1. The second kappa shape index (κ2) is 5.93. The van der Waals surface area contributed by atoms with E-state index < -0.39 is 0 Å². The molecule has 2 rings (SSSR count). The van der Waals surface area contributed by atoms with Gasteiger partial charge < -0.3 is 20.3 Å². The summed E-state index contributed by atoms with van der Waals surface area (Å²) in [7, 11) is 3.20. The van der Waals surface area contributed by atoms with Gasteiger partial charge in [0.1, 0.15) is 5.75 Å². The molecule has 1 fully saturated rings. The van der Waals surface area contributed by atoms with Gasteiger partial charge in [0.15, 0.2) is 0 Å². The molecule has 0 radical (unpaired) electrons. The summed E-state index contributed by atoms with van der Waals surface area (Å²) in [5, 5.41) is 6.05. The Balaban J connectivity index is 2.29. The van der Waals surface area contributed by atoms with Crippen molar-refractivity contribution in [1.29, 1.82) is 0 Å². The van der Waals surface area contributed by atoms with E-state index in [1.165, 1.54) is 0 Å². The highest BCUT2D eigenvalue weighted by molar-refractivity contribution is 5.97. The third-order valence-corrected chi connectivity index (χ3v) is 3.39. The van der Waals surface area contributed by atoms with Gasteiger partial charge in [0, 0.05) is 38.4 Å². The summed E-state index contributed by atoms with van der Waals surface area (Å²) in [6, 6.07) is 6.21. The van der Waals surface area contributed by atoms with Crippen LogP contribution in [0.2, 0.25) is 0 Å². The fourth-order valence-corrected chi connectivity index (χ4v) is 2.37. The molecule has 1 aliphatic heterocycles. The minimum absolute atomic E-state index is 0.123. The largest absolute Gasteiger partial charge is 0.496 e. The number of methoxy groups -OCH3 is 1. The first-order chi connectivity index (χ1) is 9.15. The average Bonchev–Trinajstić information content (AvgIpc) is 2.45. The van der Waals surface area contributed by atoms with Crippen molar-refractivity contribution < 1.29 is 9.53 Å². The van der Waals surface area contributed by atoms with E-state index in [9.17, 15) is 4.79 Å². The smallest absolute Gasteiger partial charge is 0.254 e. The van der Waals surface area contributed by atoms with Crippen molar-refractivity contribution in [3.8, 4) is 5.75 Å². The molecule has 1 atom stereocenters. The van der Waals surface area contributed by atoms with E-state index in [1.54, 1.807) is 14.2 Å². The molecule has 1 heterocycles. The van der Waals surface area contributed by atoms with Crippen molar-refractivity contribution in [2.75, 3.05) is 38.7 Å². The van der Waals surface area contributed by atoms with Crippen molar-refractivity contribution in [3.63, 3.8) is 0 Å². The molecule has 1 amide bonds. The van der Waals surface area contributed by atoms with Gasteiger partial charge in [0.25, 0.3) is 5.91 Å². The van der Waals surface area contributed by atoms with E-state index in [-0.39, 0.29) is 5.91 Å². The number of rotatable bonds is 3. The molecule has 19 heavy (non-hydrogen) atoms. The molecule has 0 bridgehead atoms. The summed E-state index contributed by atoms with van der Waals surface area (Å²) in [4.78, 5) is 14.2. The molecule has 5 nitrogen and oxygen atoms in total. The number of piperazine rings is 1. The number of ether oxygens (including phenoxy) is 1. The lowest BCUT2D eigenvalue weighted by Gasteiger charge is -2.34. The van der Waals surface area contributed by atoms with Crippen LogP contribution in [-0.2, 0) is 0 Å². The van der Waals surface area contributed by atoms with Gasteiger partial charge in [-0.2, -0.15) is 0 Å². The number of benzene rings is 1. The zero-order valence-electron chi connectivity index (χ0n) is 11.7. The molecular formula is C14H21N3O2. The number of nitrogens with one attached hydrogen (secondary N) is 2. The van der Waals surface area contributed by atoms with Crippen molar-refractivity contribution in [3.05, 3.63) is 23.8 Å². The van der Waals surface area contributed by atoms with Gasteiger partial charge in [-0.25, -0.2) is 0 Å². The minimum Gasteiger partial charge on any atom is -0.496 e. The lowest BCUT2D eigenvalue weighted by Crippen LogP contribution is -2.49. The van der Waals surface area contributed by atoms with Crippen molar-refractivity contribution in [2.24, 2.45) is 0 Å². The first-order valence-corrected chi connectivity index (χ1v) is 6.54. The maximum Gasteiger partial charge on any atom is 0.254 e. The van der Waals surface area contributed by atoms with Crippen LogP contribution in [0.15, 0.2) is 18.2 Å². The molecule has 2 N–H and O–H groups in total. The summed E-state index contributed by atoms with van der Waals surface area (Å²) in [6.07, 6.45) is 0. The van der Waals surface area contributed by atoms with E-state index in [0.717, 1.165) is 25.3 Å². The lowest BCUT2D eigenvalue weighted by atomic mass is 10.1. The van der Waals surface area contributed by atoms with Gasteiger partial charge >= 0.3 is 0 Å². The first kappa shape index (κ1) is 13.7. The third kappa shape index (κ3) is 2.98. The number of hydrogen-bond acceptors (Lipinski definition) is 4. The van der Waals surface area contributed by atoms with Crippen molar-refractivity contribution in [2.45, 2.75) is 13.0 Å². The van der Waals surface area contributed by atoms with Gasteiger partial charge in [0.05, 0.1) is 12.7 Å². The molecule has 104 valence electrons. The maximum atomic E-state index is 11.9. The number of carbonyl (C=O) groups excluding carboxylic acids is 1. The predicted molar refractivity (Wildman–Crippen MR) is 76.1 cm³/mol. The molecule has 0 aliphatic carbocycles. The Morgan fingerprint density at radius 2 is 2.32 bits per heavy atom. The lowest BCUT2D eigenvalue weighted by molar-refractivity contribution is 0.0960. The second-order valence-corrected chi connectivity index (χ2v) is 4.76. The van der Waals surface area contributed by atoms with Gasteiger partial charge in [-0.1, -0.05) is 0 Å². The highest BCUT2D eigenvalue weighted by atomic mass is 16.5. The monoisotopic (exact) mass is 263 g/mol. The zero-order valence-corrected chi connectivity index (χ0v) is 11.7. The van der Waals surface area contributed by atoms with Crippen LogP contribution < -0.4 is 20.3 Å². The maximum absolute atomic E-state index is 11.9. The number of amides is 1.